The molecular formula is C19H24. The van der Waals surface area contributed by atoms with Gasteiger partial charge in [0.15, 0.2) is 0 Å². The van der Waals surface area contributed by atoms with Crippen molar-refractivity contribution in [1.82, 2.24) is 0 Å². The second kappa shape index (κ2) is 4.10. The normalized spacial score (nSPS) is 20.8. The Morgan fingerprint density at radius 2 is 1.21 bits per heavy atom. The van der Waals surface area contributed by atoms with Crippen LogP contribution >= 0.6 is 0 Å². The van der Waals surface area contributed by atoms with Crippen LogP contribution in [0, 0.1) is 10.8 Å². The summed E-state index contributed by atoms with van der Waals surface area (Å²) < 4.78 is 0. The Morgan fingerprint density at radius 3 is 1.68 bits per heavy atom. The maximum Gasteiger partial charge on any atom is -0.0119 e. The molecule has 0 nitrogen and oxygen atoms in total. The first-order valence-electron chi connectivity index (χ1n) is 7.36. The minimum absolute atomic E-state index is 0.380. The van der Waals surface area contributed by atoms with E-state index >= 15 is 0 Å². The molecule has 3 rings (SSSR count). The van der Waals surface area contributed by atoms with Crippen LogP contribution in [0.3, 0.4) is 0 Å². The van der Waals surface area contributed by atoms with Gasteiger partial charge in [-0.1, -0.05) is 64.1 Å². The van der Waals surface area contributed by atoms with Crippen LogP contribution in [-0.4, -0.2) is 0 Å². The van der Waals surface area contributed by atoms with Gasteiger partial charge in [0.05, 0.1) is 0 Å². The van der Waals surface area contributed by atoms with Crippen molar-refractivity contribution in [2.24, 2.45) is 10.8 Å². The van der Waals surface area contributed by atoms with Crippen LogP contribution < -0.4 is 0 Å². The van der Waals surface area contributed by atoms with Gasteiger partial charge in [-0.05, 0) is 52.0 Å². The average molecular weight is 252 g/mol. The zero-order valence-electron chi connectivity index (χ0n) is 12.6. The van der Waals surface area contributed by atoms with Crippen LogP contribution in [0.4, 0.5) is 0 Å². The van der Waals surface area contributed by atoms with Crippen molar-refractivity contribution < 1.29 is 0 Å². The van der Waals surface area contributed by atoms with E-state index in [0.29, 0.717) is 10.8 Å². The highest BCUT2D eigenvalue weighted by Crippen LogP contribution is 2.43. The van der Waals surface area contributed by atoms with Crippen molar-refractivity contribution in [3.05, 3.63) is 47.5 Å². The lowest BCUT2D eigenvalue weighted by Crippen LogP contribution is -2.28. The van der Waals surface area contributed by atoms with E-state index < -0.39 is 0 Å². The SMILES string of the molecule is CC1(C)Cc2cccc3cccc(c23)CC(C)(C)C1. The Balaban J connectivity index is 2.29. The van der Waals surface area contributed by atoms with Crippen molar-refractivity contribution in [2.45, 2.75) is 47.0 Å². The third kappa shape index (κ3) is 2.41. The first kappa shape index (κ1) is 12.7. The Kier molecular flexibility index (Phi) is 2.74. The van der Waals surface area contributed by atoms with Gasteiger partial charge in [0, 0.05) is 0 Å². The Hall–Kier alpha value is -1.30. The molecule has 0 heteroatoms. The maximum atomic E-state index is 2.42. The molecule has 0 bridgehead atoms. The van der Waals surface area contributed by atoms with Crippen molar-refractivity contribution in [3.63, 3.8) is 0 Å². The van der Waals surface area contributed by atoms with E-state index in [1.54, 1.807) is 0 Å². The number of hydrogen-bond acceptors (Lipinski definition) is 0. The van der Waals surface area contributed by atoms with Crippen LogP contribution in [-0.2, 0) is 12.8 Å². The predicted octanol–water partition coefficient (Wildman–Crippen LogP) is 5.38. The van der Waals surface area contributed by atoms with Gasteiger partial charge in [-0.2, -0.15) is 0 Å². The molecule has 0 N–H and O–H groups in total. The van der Waals surface area contributed by atoms with Crippen molar-refractivity contribution in [1.29, 1.82) is 0 Å². The summed E-state index contributed by atoms with van der Waals surface area (Å²) in [6.07, 6.45) is 3.65. The molecule has 0 fully saturated rings. The quantitative estimate of drug-likeness (QED) is 0.590. The molecule has 0 amide bonds. The van der Waals surface area contributed by atoms with E-state index in [1.165, 1.54) is 41.2 Å². The molecule has 100 valence electrons. The molecule has 0 saturated carbocycles. The summed E-state index contributed by atoms with van der Waals surface area (Å²) in [4.78, 5) is 0. The fraction of sp³-hybridized carbons (Fsp3) is 0.474. The molecule has 0 spiro atoms. The lowest BCUT2D eigenvalue weighted by atomic mass is 9.67. The monoisotopic (exact) mass is 252 g/mol. The van der Waals surface area contributed by atoms with Gasteiger partial charge in [0.1, 0.15) is 0 Å². The lowest BCUT2D eigenvalue weighted by Gasteiger charge is -2.38. The summed E-state index contributed by atoms with van der Waals surface area (Å²) in [5.74, 6) is 0. The van der Waals surface area contributed by atoms with Gasteiger partial charge in [-0.15, -0.1) is 0 Å². The lowest BCUT2D eigenvalue weighted by molar-refractivity contribution is 0.190. The van der Waals surface area contributed by atoms with Crippen molar-refractivity contribution in [3.8, 4) is 0 Å². The van der Waals surface area contributed by atoms with Crippen LogP contribution in [0.15, 0.2) is 36.4 Å². The molecule has 0 radical (unpaired) electrons. The second-order valence-electron chi connectivity index (χ2n) is 7.79. The van der Waals surface area contributed by atoms with Crippen LogP contribution in [0.5, 0.6) is 0 Å². The highest BCUT2D eigenvalue weighted by atomic mass is 14.4. The van der Waals surface area contributed by atoms with Gasteiger partial charge < -0.3 is 0 Å². The van der Waals surface area contributed by atoms with E-state index in [4.69, 9.17) is 0 Å². The smallest absolute Gasteiger partial charge is 0.0119 e. The van der Waals surface area contributed by atoms with Gasteiger partial charge in [0.25, 0.3) is 0 Å². The summed E-state index contributed by atoms with van der Waals surface area (Å²) in [5, 5.41) is 2.93. The van der Waals surface area contributed by atoms with E-state index in [1.807, 2.05) is 0 Å². The molecule has 0 heterocycles. The Bertz CT molecular complexity index is 566. The molecule has 0 unspecified atom stereocenters. The van der Waals surface area contributed by atoms with Crippen molar-refractivity contribution in [2.75, 3.05) is 0 Å². The minimum Gasteiger partial charge on any atom is -0.0614 e. The number of hydrogen-bond donors (Lipinski definition) is 0. The summed E-state index contributed by atoms with van der Waals surface area (Å²) in [6, 6.07) is 13.6. The maximum absolute atomic E-state index is 2.42. The molecule has 0 aliphatic heterocycles. The summed E-state index contributed by atoms with van der Waals surface area (Å²) in [6.45, 7) is 9.67. The summed E-state index contributed by atoms with van der Waals surface area (Å²) in [5.41, 5.74) is 3.83. The molecule has 19 heavy (non-hydrogen) atoms. The average Bonchev–Trinajstić information content (AvgIpc) is 2.25. The molecule has 2 aromatic carbocycles. The topological polar surface area (TPSA) is 0 Å². The Morgan fingerprint density at radius 1 is 0.737 bits per heavy atom. The van der Waals surface area contributed by atoms with Gasteiger partial charge in [0.2, 0.25) is 0 Å². The second-order valence-corrected chi connectivity index (χ2v) is 7.79. The molecular weight excluding hydrogens is 228 g/mol. The van der Waals surface area contributed by atoms with Gasteiger partial charge in [-0.25, -0.2) is 0 Å². The third-order valence-electron chi connectivity index (χ3n) is 4.37. The zero-order valence-corrected chi connectivity index (χ0v) is 12.6. The summed E-state index contributed by atoms with van der Waals surface area (Å²) >= 11 is 0. The highest BCUT2D eigenvalue weighted by Gasteiger charge is 2.32. The van der Waals surface area contributed by atoms with Gasteiger partial charge in [-0.3, -0.25) is 0 Å². The molecule has 0 aromatic heterocycles. The predicted molar refractivity (Wildman–Crippen MR) is 83.5 cm³/mol. The van der Waals surface area contributed by atoms with Crippen LogP contribution in [0.25, 0.3) is 10.8 Å². The van der Waals surface area contributed by atoms with E-state index in [2.05, 4.69) is 64.1 Å². The molecule has 1 aliphatic carbocycles. The first-order valence-corrected chi connectivity index (χ1v) is 7.36. The number of rotatable bonds is 0. The Labute approximate surface area is 116 Å². The van der Waals surface area contributed by atoms with Crippen LogP contribution in [0.1, 0.15) is 45.2 Å². The van der Waals surface area contributed by atoms with Crippen molar-refractivity contribution >= 4 is 10.8 Å². The molecule has 0 atom stereocenters. The van der Waals surface area contributed by atoms with E-state index in [9.17, 15) is 0 Å². The zero-order chi connectivity index (χ0) is 13.7. The minimum atomic E-state index is 0.380. The fourth-order valence-corrected chi connectivity index (χ4v) is 4.25. The third-order valence-corrected chi connectivity index (χ3v) is 4.37. The fourth-order valence-electron chi connectivity index (χ4n) is 4.25. The molecule has 0 saturated heterocycles. The summed E-state index contributed by atoms with van der Waals surface area (Å²) in [7, 11) is 0. The van der Waals surface area contributed by atoms with Crippen LogP contribution in [0.2, 0.25) is 0 Å². The first-order chi connectivity index (χ1) is 8.86. The highest BCUT2D eigenvalue weighted by molar-refractivity contribution is 5.89. The van der Waals surface area contributed by atoms with E-state index in [0.717, 1.165) is 0 Å². The molecule has 2 aromatic rings. The largest absolute Gasteiger partial charge is 0.0614 e. The molecule has 1 aliphatic rings. The van der Waals surface area contributed by atoms with Gasteiger partial charge >= 0.3 is 0 Å². The standard InChI is InChI=1S/C19H24/c1-18(2)11-15-9-5-7-14-8-6-10-16(17(14)15)12-19(3,4)13-18/h5-10H,11-13H2,1-4H3. The van der Waals surface area contributed by atoms with E-state index in [-0.39, 0.29) is 0 Å². The number of benzene rings is 2.